The Bertz CT molecular complexity index is 316. The molecule has 0 spiro atoms. The highest BCUT2D eigenvalue weighted by molar-refractivity contribution is 7.80. The third-order valence-electron chi connectivity index (χ3n) is 3.62. The molecule has 1 aliphatic rings. The van der Waals surface area contributed by atoms with E-state index in [2.05, 4.69) is 0 Å². The third kappa shape index (κ3) is 2.99. The molecule has 0 radical (unpaired) electrons. The van der Waals surface area contributed by atoms with Crippen LogP contribution in [0.5, 0.6) is 0 Å². The molecule has 1 saturated heterocycles. The average Bonchev–Trinajstić information content (AvgIpc) is 2.37. The number of methoxy groups -OCH3 is 1. The smallest absolute Gasteiger partial charge is 0.235 e. The Hall–Kier alpha value is -0.720. The lowest BCUT2D eigenvalue weighted by Crippen LogP contribution is -2.54. The lowest BCUT2D eigenvalue weighted by Gasteiger charge is -2.39. The molecule has 0 bridgehead atoms. The van der Waals surface area contributed by atoms with E-state index in [-0.39, 0.29) is 16.9 Å². The Labute approximate surface area is 114 Å². The fourth-order valence-corrected chi connectivity index (χ4v) is 2.47. The molecule has 2 N–H and O–H groups in total. The molecule has 1 rings (SSSR count). The summed E-state index contributed by atoms with van der Waals surface area (Å²) in [6.45, 7) is 3.48. The van der Waals surface area contributed by atoms with E-state index in [0.717, 1.165) is 0 Å². The summed E-state index contributed by atoms with van der Waals surface area (Å²) in [6, 6.07) is -0.00318. The average molecular weight is 274 g/mol. The molecular weight excluding hydrogens is 252 g/mol. The predicted molar refractivity (Wildman–Crippen MR) is 73.4 cm³/mol. The molecule has 1 atom stereocenters. The van der Waals surface area contributed by atoms with Gasteiger partial charge in [-0.1, -0.05) is 12.2 Å². The summed E-state index contributed by atoms with van der Waals surface area (Å²) in [5.41, 5.74) is 5.07. The second-order valence-electron chi connectivity index (χ2n) is 4.78. The van der Waals surface area contributed by atoms with Crippen molar-refractivity contribution in [2.24, 2.45) is 11.1 Å². The molecule has 0 aromatic heterocycles. The summed E-state index contributed by atoms with van der Waals surface area (Å²) in [6.07, 6.45) is 1.12. The number of carbonyl (C=O) groups is 1. The molecule has 5 nitrogen and oxygen atoms in total. The zero-order valence-electron chi connectivity index (χ0n) is 11.3. The van der Waals surface area contributed by atoms with Gasteiger partial charge in [-0.3, -0.25) is 4.79 Å². The summed E-state index contributed by atoms with van der Waals surface area (Å²) in [5.74, 6) is -0.0251. The molecule has 1 aliphatic heterocycles. The van der Waals surface area contributed by atoms with Crippen molar-refractivity contribution in [2.75, 3.05) is 34.0 Å². The van der Waals surface area contributed by atoms with Crippen LogP contribution >= 0.6 is 12.2 Å². The van der Waals surface area contributed by atoms with Crippen molar-refractivity contribution >= 4 is 23.1 Å². The molecule has 104 valence electrons. The number of nitrogens with zero attached hydrogens (tertiary/aromatic N) is 1. The molecule has 0 aromatic rings. The number of ether oxygens (including phenoxy) is 2. The van der Waals surface area contributed by atoms with Gasteiger partial charge in [0, 0.05) is 27.4 Å². The number of thiocarbonyl (C=S) groups is 1. The van der Waals surface area contributed by atoms with Crippen LogP contribution in [0.15, 0.2) is 0 Å². The summed E-state index contributed by atoms with van der Waals surface area (Å²) < 4.78 is 10.4. The molecule has 0 aliphatic carbocycles. The molecule has 0 saturated carbocycles. The minimum atomic E-state index is -0.746. The van der Waals surface area contributed by atoms with Gasteiger partial charge in [0.1, 0.15) is 5.41 Å². The summed E-state index contributed by atoms with van der Waals surface area (Å²) in [5, 5.41) is 0. The van der Waals surface area contributed by atoms with Crippen LogP contribution in [0.3, 0.4) is 0 Å². The Morgan fingerprint density at radius 3 is 2.56 bits per heavy atom. The van der Waals surface area contributed by atoms with Gasteiger partial charge in [-0.15, -0.1) is 0 Å². The first-order valence-corrected chi connectivity index (χ1v) is 6.50. The summed E-state index contributed by atoms with van der Waals surface area (Å²) >= 11 is 5.12. The lowest BCUT2D eigenvalue weighted by molar-refractivity contribution is -0.143. The molecule has 0 aromatic carbocycles. The van der Waals surface area contributed by atoms with Crippen LogP contribution in [0.1, 0.15) is 19.8 Å². The minimum absolute atomic E-state index is 0.00318. The molecule has 1 fully saturated rings. The van der Waals surface area contributed by atoms with E-state index >= 15 is 0 Å². The summed E-state index contributed by atoms with van der Waals surface area (Å²) in [4.78, 5) is 14.6. The van der Waals surface area contributed by atoms with Gasteiger partial charge >= 0.3 is 0 Å². The van der Waals surface area contributed by atoms with Crippen molar-refractivity contribution in [3.05, 3.63) is 0 Å². The van der Waals surface area contributed by atoms with Crippen molar-refractivity contribution in [1.82, 2.24) is 4.90 Å². The molecule has 6 heteroatoms. The normalized spacial score (nSPS) is 20.2. The first-order chi connectivity index (χ1) is 8.45. The molecule has 1 amide bonds. The maximum Gasteiger partial charge on any atom is 0.235 e. The number of nitrogens with two attached hydrogens (primary N) is 1. The monoisotopic (exact) mass is 274 g/mol. The molecular formula is C12H22N2O3S. The van der Waals surface area contributed by atoms with Crippen LogP contribution in [0.25, 0.3) is 0 Å². The zero-order valence-corrected chi connectivity index (χ0v) is 12.1. The van der Waals surface area contributed by atoms with Crippen molar-refractivity contribution < 1.29 is 14.3 Å². The van der Waals surface area contributed by atoms with E-state index in [1.165, 1.54) is 0 Å². The van der Waals surface area contributed by atoms with Crippen molar-refractivity contribution in [1.29, 1.82) is 0 Å². The third-order valence-corrected chi connectivity index (χ3v) is 4.01. The van der Waals surface area contributed by atoms with Gasteiger partial charge in [-0.2, -0.15) is 0 Å². The van der Waals surface area contributed by atoms with Crippen LogP contribution in [0.2, 0.25) is 0 Å². The van der Waals surface area contributed by atoms with E-state index in [0.29, 0.717) is 32.7 Å². The number of hydrogen-bond donors (Lipinski definition) is 1. The van der Waals surface area contributed by atoms with Crippen LogP contribution in [0, 0.1) is 5.41 Å². The SMILES string of the molecule is COCC(C)N(C)C(=O)C1(C(N)=S)CCOCC1. The maximum absolute atomic E-state index is 12.6. The summed E-state index contributed by atoms with van der Waals surface area (Å²) in [7, 11) is 3.38. The fraction of sp³-hybridized carbons (Fsp3) is 0.833. The van der Waals surface area contributed by atoms with E-state index in [1.807, 2.05) is 6.92 Å². The number of likely N-dealkylation sites (N-methyl/N-ethyl adjacent to an activating group) is 1. The van der Waals surface area contributed by atoms with Crippen LogP contribution < -0.4 is 5.73 Å². The molecule has 1 heterocycles. The van der Waals surface area contributed by atoms with Crippen LogP contribution in [-0.4, -0.2) is 55.8 Å². The standard InChI is InChI=1S/C12H22N2O3S/c1-9(8-16-3)14(2)11(15)12(10(13)18)4-6-17-7-5-12/h9H,4-8H2,1-3H3,(H2,13,18). The minimum Gasteiger partial charge on any atom is -0.392 e. The van der Waals surface area contributed by atoms with Gasteiger partial charge in [-0.25, -0.2) is 0 Å². The highest BCUT2D eigenvalue weighted by Crippen LogP contribution is 2.33. The van der Waals surface area contributed by atoms with E-state index in [1.54, 1.807) is 19.1 Å². The first-order valence-electron chi connectivity index (χ1n) is 6.09. The first kappa shape index (κ1) is 15.3. The quantitative estimate of drug-likeness (QED) is 0.742. The van der Waals surface area contributed by atoms with Gasteiger partial charge in [0.15, 0.2) is 0 Å². The largest absolute Gasteiger partial charge is 0.392 e. The van der Waals surface area contributed by atoms with Crippen LogP contribution in [-0.2, 0) is 14.3 Å². The Morgan fingerprint density at radius 2 is 2.11 bits per heavy atom. The zero-order chi connectivity index (χ0) is 13.8. The fourth-order valence-electron chi connectivity index (χ4n) is 2.18. The highest BCUT2D eigenvalue weighted by Gasteiger charge is 2.45. The van der Waals surface area contributed by atoms with Crippen LogP contribution in [0.4, 0.5) is 0 Å². The van der Waals surface area contributed by atoms with Gasteiger partial charge < -0.3 is 20.1 Å². The number of rotatable bonds is 5. The number of carbonyl (C=O) groups excluding carboxylic acids is 1. The van der Waals surface area contributed by atoms with E-state index in [9.17, 15) is 4.79 Å². The van der Waals surface area contributed by atoms with Gasteiger partial charge in [0.2, 0.25) is 5.91 Å². The Morgan fingerprint density at radius 1 is 1.56 bits per heavy atom. The van der Waals surface area contributed by atoms with Crippen molar-refractivity contribution in [3.63, 3.8) is 0 Å². The molecule has 1 unspecified atom stereocenters. The second-order valence-corrected chi connectivity index (χ2v) is 5.22. The van der Waals surface area contributed by atoms with Crippen molar-refractivity contribution in [2.45, 2.75) is 25.8 Å². The second kappa shape index (κ2) is 6.45. The molecule has 18 heavy (non-hydrogen) atoms. The topological polar surface area (TPSA) is 64.8 Å². The Balaban J connectivity index is 2.86. The Kier molecular flexibility index (Phi) is 5.49. The van der Waals surface area contributed by atoms with Gasteiger partial charge in [-0.05, 0) is 19.8 Å². The van der Waals surface area contributed by atoms with Gasteiger partial charge in [0.05, 0.1) is 17.6 Å². The lowest BCUT2D eigenvalue weighted by atomic mass is 9.78. The van der Waals surface area contributed by atoms with E-state index in [4.69, 9.17) is 27.4 Å². The van der Waals surface area contributed by atoms with Gasteiger partial charge in [0.25, 0.3) is 0 Å². The van der Waals surface area contributed by atoms with E-state index < -0.39 is 5.41 Å². The highest BCUT2D eigenvalue weighted by atomic mass is 32.1. The number of hydrogen-bond acceptors (Lipinski definition) is 4. The number of amides is 1. The van der Waals surface area contributed by atoms with Crippen molar-refractivity contribution in [3.8, 4) is 0 Å². The maximum atomic E-state index is 12.6. The predicted octanol–water partition coefficient (Wildman–Crippen LogP) is 0.563.